The lowest BCUT2D eigenvalue weighted by atomic mass is 10.0. The maximum atomic E-state index is 13.2. The highest BCUT2D eigenvalue weighted by Gasteiger charge is 2.24. The van der Waals surface area contributed by atoms with E-state index in [1.165, 1.54) is 12.1 Å². The molecule has 1 aromatic carbocycles. The summed E-state index contributed by atoms with van der Waals surface area (Å²) in [5.74, 6) is -2.19. The summed E-state index contributed by atoms with van der Waals surface area (Å²) in [6.45, 7) is 2.76. The van der Waals surface area contributed by atoms with Crippen LogP contribution in [0.5, 0.6) is 0 Å². The number of nitrogens with one attached hydrogen (secondary N) is 2. The summed E-state index contributed by atoms with van der Waals surface area (Å²) < 4.78 is 26.5. The molecule has 4 N–H and O–H groups in total. The number of fused-ring (bicyclic) bond motifs is 1. The third kappa shape index (κ3) is 3.05. The lowest BCUT2D eigenvalue weighted by molar-refractivity contribution is 0.0174. The molecule has 120 valence electrons. The summed E-state index contributed by atoms with van der Waals surface area (Å²) in [6.07, 6.45) is 1.56. The summed E-state index contributed by atoms with van der Waals surface area (Å²) in [4.78, 5) is 8.45. The van der Waals surface area contributed by atoms with Gasteiger partial charge in [-0.25, -0.2) is 8.78 Å². The Morgan fingerprint density at radius 2 is 1.91 bits per heavy atom. The van der Waals surface area contributed by atoms with Gasteiger partial charge in [0.2, 0.25) is 5.95 Å². The SMILES string of the molecule is CC(Nc1nc(N)c2cn[nH]c2n1)c1ccc(C(C)(F)F)cc1. The van der Waals surface area contributed by atoms with Crippen LogP contribution in [0.3, 0.4) is 0 Å². The monoisotopic (exact) mass is 318 g/mol. The van der Waals surface area contributed by atoms with Gasteiger partial charge in [0, 0.05) is 12.5 Å². The normalized spacial score (nSPS) is 13.2. The number of nitrogens with zero attached hydrogens (tertiary/aromatic N) is 3. The summed E-state index contributed by atoms with van der Waals surface area (Å²) in [5.41, 5.74) is 7.20. The van der Waals surface area contributed by atoms with Gasteiger partial charge in [0.05, 0.1) is 17.6 Å². The molecular weight excluding hydrogens is 302 g/mol. The number of aromatic nitrogens is 4. The summed E-state index contributed by atoms with van der Waals surface area (Å²) in [6, 6.07) is 5.97. The number of halogens is 2. The second kappa shape index (κ2) is 5.45. The van der Waals surface area contributed by atoms with Crippen LogP contribution in [0, 0.1) is 0 Å². The number of hydrogen-bond acceptors (Lipinski definition) is 5. The van der Waals surface area contributed by atoms with Gasteiger partial charge in [-0.2, -0.15) is 15.1 Å². The molecular formula is C15H16F2N6. The average molecular weight is 318 g/mol. The zero-order chi connectivity index (χ0) is 16.6. The molecule has 6 nitrogen and oxygen atoms in total. The van der Waals surface area contributed by atoms with Gasteiger partial charge in [0.25, 0.3) is 5.92 Å². The molecule has 2 aromatic heterocycles. The van der Waals surface area contributed by atoms with E-state index in [1.54, 1.807) is 18.3 Å². The van der Waals surface area contributed by atoms with Crippen LogP contribution < -0.4 is 11.1 Å². The Morgan fingerprint density at radius 3 is 2.57 bits per heavy atom. The highest BCUT2D eigenvalue weighted by atomic mass is 19.3. The zero-order valence-electron chi connectivity index (χ0n) is 12.6. The second-order valence-corrected chi connectivity index (χ2v) is 5.44. The first-order valence-electron chi connectivity index (χ1n) is 7.06. The van der Waals surface area contributed by atoms with Crippen LogP contribution in [0.1, 0.15) is 31.0 Å². The number of nitrogens with two attached hydrogens (primary N) is 1. The largest absolute Gasteiger partial charge is 0.383 e. The van der Waals surface area contributed by atoms with Gasteiger partial charge in [0.1, 0.15) is 5.82 Å². The fraction of sp³-hybridized carbons (Fsp3) is 0.267. The van der Waals surface area contributed by atoms with E-state index in [-0.39, 0.29) is 11.6 Å². The van der Waals surface area contributed by atoms with Crippen molar-refractivity contribution < 1.29 is 8.78 Å². The summed E-state index contributed by atoms with van der Waals surface area (Å²) >= 11 is 0. The predicted molar refractivity (Wildman–Crippen MR) is 84.1 cm³/mol. The molecule has 0 amide bonds. The number of nitrogen functional groups attached to an aromatic ring is 1. The van der Waals surface area contributed by atoms with Gasteiger partial charge in [-0.15, -0.1) is 0 Å². The number of aromatic amines is 1. The van der Waals surface area contributed by atoms with Crippen LogP contribution in [0.15, 0.2) is 30.5 Å². The lowest BCUT2D eigenvalue weighted by Gasteiger charge is -2.16. The van der Waals surface area contributed by atoms with Crippen LogP contribution in [0.25, 0.3) is 11.0 Å². The maximum absolute atomic E-state index is 13.2. The minimum absolute atomic E-state index is 0.0205. The quantitative estimate of drug-likeness (QED) is 0.687. The predicted octanol–water partition coefficient (Wildman–Crippen LogP) is 3.22. The molecule has 0 aliphatic rings. The van der Waals surface area contributed by atoms with Crippen molar-refractivity contribution in [2.45, 2.75) is 25.8 Å². The van der Waals surface area contributed by atoms with Crippen molar-refractivity contribution in [2.75, 3.05) is 11.1 Å². The molecule has 3 aromatic rings. The standard InChI is InChI=1S/C15H16F2N6/c1-8(9-3-5-10(6-4-9)15(2,16)17)20-14-21-12(18)11-7-19-23-13(11)22-14/h3-8H,1-2H3,(H4,18,19,20,21,22,23). The van der Waals surface area contributed by atoms with E-state index in [4.69, 9.17) is 5.73 Å². The van der Waals surface area contributed by atoms with E-state index in [1.807, 2.05) is 6.92 Å². The zero-order valence-corrected chi connectivity index (χ0v) is 12.6. The van der Waals surface area contributed by atoms with Crippen molar-refractivity contribution in [1.29, 1.82) is 0 Å². The highest BCUT2D eigenvalue weighted by molar-refractivity contribution is 5.85. The third-order valence-electron chi connectivity index (χ3n) is 3.60. The minimum Gasteiger partial charge on any atom is -0.383 e. The molecule has 0 aliphatic carbocycles. The number of H-pyrrole nitrogens is 1. The van der Waals surface area contributed by atoms with E-state index in [2.05, 4.69) is 25.5 Å². The molecule has 3 rings (SSSR count). The van der Waals surface area contributed by atoms with Crippen molar-refractivity contribution in [2.24, 2.45) is 0 Å². The number of anilines is 2. The van der Waals surface area contributed by atoms with Gasteiger partial charge in [-0.1, -0.05) is 24.3 Å². The molecule has 1 unspecified atom stereocenters. The molecule has 23 heavy (non-hydrogen) atoms. The first kappa shape index (κ1) is 15.1. The molecule has 0 aliphatic heterocycles. The van der Waals surface area contributed by atoms with E-state index in [9.17, 15) is 8.78 Å². The van der Waals surface area contributed by atoms with Crippen molar-refractivity contribution in [3.8, 4) is 0 Å². The third-order valence-corrected chi connectivity index (χ3v) is 3.60. The summed E-state index contributed by atoms with van der Waals surface area (Å²) in [5, 5.41) is 10.4. The van der Waals surface area contributed by atoms with Crippen molar-refractivity contribution >= 4 is 22.8 Å². The number of hydrogen-bond donors (Lipinski definition) is 3. The van der Waals surface area contributed by atoms with Crippen LogP contribution in [-0.2, 0) is 5.92 Å². The van der Waals surface area contributed by atoms with Gasteiger partial charge < -0.3 is 11.1 Å². The fourth-order valence-corrected chi connectivity index (χ4v) is 2.26. The topological polar surface area (TPSA) is 92.5 Å². The Hall–Kier alpha value is -2.77. The Kier molecular flexibility index (Phi) is 3.59. The lowest BCUT2D eigenvalue weighted by Crippen LogP contribution is -2.12. The van der Waals surface area contributed by atoms with E-state index >= 15 is 0 Å². The number of alkyl halides is 2. The first-order valence-corrected chi connectivity index (χ1v) is 7.06. The van der Waals surface area contributed by atoms with Gasteiger partial charge in [0.15, 0.2) is 5.65 Å². The van der Waals surface area contributed by atoms with Crippen molar-refractivity contribution in [3.63, 3.8) is 0 Å². The Morgan fingerprint density at radius 1 is 1.22 bits per heavy atom. The molecule has 2 heterocycles. The van der Waals surface area contributed by atoms with Crippen LogP contribution in [-0.4, -0.2) is 20.2 Å². The van der Waals surface area contributed by atoms with Gasteiger partial charge in [-0.3, -0.25) is 5.10 Å². The molecule has 1 atom stereocenters. The van der Waals surface area contributed by atoms with Gasteiger partial charge >= 0.3 is 0 Å². The maximum Gasteiger partial charge on any atom is 0.270 e. The Balaban J connectivity index is 1.81. The van der Waals surface area contributed by atoms with Crippen LogP contribution >= 0.6 is 0 Å². The van der Waals surface area contributed by atoms with Crippen LogP contribution in [0.4, 0.5) is 20.5 Å². The fourth-order valence-electron chi connectivity index (χ4n) is 2.26. The van der Waals surface area contributed by atoms with E-state index in [0.717, 1.165) is 12.5 Å². The van der Waals surface area contributed by atoms with E-state index in [0.29, 0.717) is 22.8 Å². The first-order chi connectivity index (χ1) is 10.8. The Labute approximate surface area is 131 Å². The summed E-state index contributed by atoms with van der Waals surface area (Å²) in [7, 11) is 0. The smallest absolute Gasteiger partial charge is 0.270 e. The van der Waals surface area contributed by atoms with Crippen molar-refractivity contribution in [3.05, 3.63) is 41.6 Å². The van der Waals surface area contributed by atoms with E-state index < -0.39 is 5.92 Å². The molecule has 0 saturated heterocycles. The molecule has 0 radical (unpaired) electrons. The minimum atomic E-state index is -2.85. The second-order valence-electron chi connectivity index (χ2n) is 5.44. The molecule has 0 fully saturated rings. The number of rotatable bonds is 4. The number of benzene rings is 1. The average Bonchev–Trinajstić information content (AvgIpc) is 2.95. The van der Waals surface area contributed by atoms with Gasteiger partial charge in [-0.05, 0) is 12.5 Å². The van der Waals surface area contributed by atoms with Crippen LogP contribution in [0.2, 0.25) is 0 Å². The highest BCUT2D eigenvalue weighted by Crippen LogP contribution is 2.28. The molecule has 0 saturated carbocycles. The Bertz CT molecular complexity index is 822. The molecule has 0 bridgehead atoms. The van der Waals surface area contributed by atoms with Crippen molar-refractivity contribution in [1.82, 2.24) is 20.2 Å². The molecule has 0 spiro atoms. The molecule has 8 heteroatoms.